The van der Waals surface area contributed by atoms with Crippen LogP contribution in [0.25, 0.3) is 22.4 Å². The molecule has 7 nitrogen and oxygen atoms in total. The van der Waals surface area contributed by atoms with Gasteiger partial charge in [0, 0.05) is 23.2 Å². The van der Waals surface area contributed by atoms with Gasteiger partial charge < -0.3 is 13.7 Å². The summed E-state index contributed by atoms with van der Waals surface area (Å²) in [6, 6.07) is 15.9. The fraction of sp³-hybridized carbons (Fsp3) is 0.150. The summed E-state index contributed by atoms with van der Waals surface area (Å²) < 4.78 is 16.9. The predicted octanol–water partition coefficient (Wildman–Crippen LogP) is 4.04. The van der Waals surface area contributed by atoms with Gasteiger partial charge in [-0.25, -0.2) is 4.79 Å². The van der Waals surface area contributed by atoms with Crippen molar-refractivity contribution >= 4 is 28.7 Å². The van der Waals surface area contributed by atoms with Gasteiger partial charge in [-0.3, -0.25) is 9.36 Å². The first kappa shape index (κ1) is 18.1. The van der Waals surface area contributed by atoms with Crippen molar-refractivity contribution < 1.29 is 18.5 Å². The normalized spacial score (nSPS) is 11.0. The maximum Gasteiger partial charge on any atom is 0.419 e. The molecule has 0 aliphatic rings. The van der Waals surface area contributed by atoms with Crippen LogP contribution in [-0.2, 0) is 22.7 Å². The summed E-state index contributed by atoms with van der Waals surface area (Å²) in [5.74, 6) is -0.539. The summed E-state index contributed by atoms with van der Waals surface area (Å²) in [7, 11) is 0. The Kier molecular flexibility index (Phi) is 4.99. The maximum atomic E-state index is 12.0. The second kappa shape index (κ2) is 7.74. The van der Waals surface area contributed by atoms with Crippen LogP contribution in [0.4, 0.5) is 0 Å². The second-order valence-electron chi connectivity index (χ2n) is 6.08. The van der Waals surface area contributed by atoms with E-state index in [-0.39, 0.29) is 19.6 Å². The van der Waals surface area contributed by atoms with E-state index in [2.05, 4.69) is 5.16 Å². The van der Waals surface area contributed by atoms with Crippen LogP contribution in [-0.4, -0.2) is 15.7 Å². The van der Waals surface area contributed by atoms with Gasteiger partial charge in [0.2, 0.25) is 0 Å². The number of fused-ring (bicyclic) bond motifs is 1. The fourth-order valence-electron chi connectivity index (χ4n) is 2.79. The van der Waals surface area contributed by atoms with Gasteiger partial charge in [0.1, 0.15) is 5.69 Å². The Labute approximate surface area is 164 Å². The number of oxazole rings is 1. The number of ether oxygens (including phenoxy) is 1. The molecule has 0 saturated carbocycles. The van der Waals surface area contributed by atoms with Crippen LogP contribution in [0.3, 0.4) is 0 Å². The van der Waals surface area contributed by atoms with Crippen LogP contribution in [0.15, 0.2) is 68.3 Å². The highest BCUT2D eigenvalue weighted by Gasteiger charge is 2.13. The van der Waals surface area contributed by atoms with Crippen LogP contribution in [0, 0.1) is 0 Å². The molecule has 0 unspecified atom stereocenters. The molecule has 2 heterocycles. The zero-order valence-corrected chi connectivity index (χ0v) is 15.4. The quantitative estimate of drug-likeness (QED) is 0.455. The number of esters is 1. The van der Waals surface area contributed by atoms with Crippen LogP contribution >= 0.6 is 11.6 Å². The molecule has 2 aromatic carbocycles. The summed E-state index contributed by atoms with van der Waals surface area (Å²) in [4.78, 5) is 23.9. The van der Waals surface area contributed by atoms with Crippen molar-refractivity contribution in [2.75, 3.05) is 0 Å². The summed E-state index contributed by atoms with van der Waals surface area (Å²) in [5, 5.41) is 4.59. The van der Waals surface area contributed by atoms with E-state index in [1.807, 2.05) is 12.1 Å². The number of benzene rings is 2. The molecule has 0 fully saturated rings. The van der Waals surface area contributed by atoms with E-state index in [1.165, 1.54) is 4.57 Å². The highest BCUT2D eigenvalue weighted by atomic mass is 35.5. The lowest BCUT2D eigenvalue weighted by Crippen LogP contribution is -2.17. The number of halogens is 1. The Hall–Kier alpha value is -3.32. The molecule has 0 radical (unpaired) electrons. The smallest absolute Gasteiger partial charge is 0.419 e. The molecule has 0 saturated heterocycles. The number of para-hydroxylation sites is 2. The van der Waals surface area contributed by atoms with Crippen molar-refractivity contribution in [3.63, 3.8) is 0 Å². The Bertz CT molecular complexity index is 1170. The summed E-state index contributed by atoms with van der Waals surface area (Å²) in [6.07, 6.45) is 0.0294. The van der Waals surface area contributed by atoms with Crippen LogP contribution < -0.4 is 5.76 Å². The first-order valence-corrected chi connectivity index (χ1v) is 8.93. The monoisotopic (exact) mass is 398 g/mol. The molecule has 2 aromatic heterocycles. The maximum absolute atomic E-state index is 12.0. The van der Waals surface area contributed by atoms with E-state index in [9.17, 15) is 9.59 Å². The first-order chi connectivity index (χ1) is 13.6. The molecule has 4 aromatic rings. The van der Waals surface area contributed by atoms with Crippen LogP contribution in [0.1, 0.15) is 12.2 Å². The van der Waals surface area contributed by atoms with Gasteiger partial charge >= 0.3 is 11.7 Å². The molecular weight excluding hydrogens is 384 g/mol. The molecule has 0 amide bonds. The zero-order chi connectivity index (χ0) is 19.5. The lowest BCUT2D eigenvalue weighted by molar-refractivity contribution is -0.145. The molecule has 8 heteroatoms. The van der Waals surface area contributed by atoms with E-state index in [0.717, 1.165) is 5.56 Å². The molecule has 0 aliphatic carbocycles. The second-order valence-corrected chi connectivity index (χ2v) is 6.52. The molecule has 28 heavy (non-hydrogen) atoms. The lowest BCUT2D eigenvalue weighted by atomic mass is 10.1. The van der Waals surface area contributed by atoms with E-state index in [0.29, 0.717) is 27.6 Å². The minimum Gasteiger partial charge on any atom is -0.457 e. The minimum absolute atomic E-state index is 0.0294. The molecule has 142 valence electrons. The van der Waals surface area contributed by atoms with Crippen molar-refractivity contribution in [1.29, 1.82) is 0 Å². The standard InChI is InChI=1S/C20H15ClN2O5/c21-14-7-5-13(6-8-14)16-11-15(28-22-16)12-26-19(24)9-10-23-17-3-1-2-4-18(17)27-20(23)25/h1-8,11H,9-10,12H2. The third-order valence-corrected chi connectivity index (χ3v) is 4.44. The minimum atomic E-state index is -0.503. The molecule has 4 rings (SSSR count). The van der Waals surface area contributed by atoms with Gasteiger partial charge in [-0.1, -0.05) is 41.0 Å². The average molecular weight is 399 g/mol. The fourth-order valence-corrected chi connectivity index (χ4v) is 2.92. The third kappa shape index (κ3) is 3.84. The Morgan fingerprint density at radius 2 is 1.93 bits per heavy atom. The van der Waals surface area contributed by atoms with E-state index >= 15 is 0 Å². The first-order valence-electron chi connectivity index (χ1n) is 8.56. The number of carbonyl (C=O) groups is 1. The van der Waals surface area contributed by atoms with Crippen molar-refractivity contribution in [2.24, 2.45) is 0 Å². The summed E-state index contributed by atoms with van der Waals surface area (Å²) in [6.45, 7) is 0.127. The molecule has 0 bridgehead atoms. The van der Waals surface area contributed by atoms with Crippen molar-refractivity contribution in [3.05, 3.63) is 75.9 Å². The van der Waals surface area contributed by atoms with Gasteiger partial charge in [0.05, 0.1) is 11.9 Å². The average Bonchev–Trinajstić information content (AvgIpc) is 3.29. The lowest BCUT2D eigenvalue weighted by Gasteiger charge is -2.03. The molecule has 0 atom stereocenters. The Morgan fingerprint density at radius 3 is 2.75 bits per heavy atom. The SMILES string of the molecule is O=C(CCn1c(=O)oc2ccccc21)OCc1cc(-c2ccc(Cl)cc2)no1. The number of rotatable bonds is 6. The molecular formula is C20H15ClN2O5. The van der Waals surface area contributed by atoms with Gasteiger partial charge in [-0.05, 0) is 24.3 Å². The van der Waals surface area contributed by atoms with Crippen molar-refractivity contribution in [2.45, 2.75) is 19.6 Å². The van der Waals surface area contributed by atoms with Crippen LogP contribution in [0.5, 0.6) is 0 Å². The summed E-state index contributed by atoms with van der Waals surface area (Å²) in [5.41, 5.74) is 2.59. The van der Waals surface area contributed by atoms with Crippen molar-refractivity contribution in [1.82, 2.24) is 9.72 Å². The Balaban J connectivity index is 1.34. The largest absolute Gasteiger partial charge is 0.457 e. The van der Waals surface area contributed by atoms with E-state index in [1.54, 1.807) is 42.5 Å². The molecule has 0 N–H and O–H groups in total. The predicted molar refractivity (Wildman–Crippen MR) is 102 cm³/mol. The topological polar surface area (TPSA) is 87.5 Å². The van der Waals surface area contributed by atoms with Crippen molar-refractivity contribution in [3.8, 4) is 11.3 Å². The van der Waals surface area contributed by atoms with Gasteiger partial charge in [-0.2, -0.15) is 0 Å². The van der Waals surface area contributed by atoms with Gasteiger partial charge in [0.25, 0.3) is 0 Å². The number of nitrogens with zero attached hydrogens (tertiary/aromatic N) is 2. The van der Waals surface area contributed by atoms with Gasteiger partial charge in [0.15, 0.2) is 18.0 Å². The zero-order valence-electron chi connectivity index (χ0n) is 14.6. The van der Waals surface area contributed by atoms with Crippen LogP contribution in [0.2, 0.25) is 5.02 Å². The molecule has 0 aliphatic heterocycles. The van der Waals surface area contributed by atoms with Gasteiger partial charge in [-0.15, -0.1) is 0 Å². The van der Waals surface area contributed by atoms with E-state index in [4.69, 9.17) is 25.3 Å². The molecule has 0 spiro atoms. The highest BCUT2D eigenvalue weighted by Crippen LogP contribution is 2.21. The Morgan fingerprint density at radius 1 is 1.14 bits per heavy atom. The highest BCUT2D eigenvalue weighted by molar-refractivity contribution is 6.30. The number of hydrogen-bond acceptors (Lipinski definition) is 6. The number of aryl methyl sites for hydroxylation is 1. The number of hydrogen-bond donors (Lipinski definition) is 0. The van der Waals surface area contributed by atoms with E-state index < -0.39 is 11.7 Å². The third-order valence-electron chi connectivity index (χ3n) is 4.19. The summed E-state index contributed by atoms with van der Waals surface area (Å²) >= 11 is 5.87. The number of aromatic nitrogens is 2. The number of carbonyl (C=O) groups excluding carboxylic acids is 1.